The second-order valence-electron chi connectivity index (χ2n) is 0.357. The fourth-order valence-electron chi connectivity index (χ4n) is 0. The quantitative estimate of drug-likeness (QED) is 0.278. The maximum absolute atomic E-state index is 8.94. The summed E-state index contributed by atoms with van der Waals surface area (Å²) in [6, 6.07) is 0. The summed E-state index contributed by atoms with van der Waals surface area (Å²) in [7, 11) is -1.16. The minimum absolute atomic E-state index is 0.792. The Labute approximate surface area is 29.9 Å². The van der Waals surface area contributed by atoms with Crippen LogP contribution in [0.25, 0.3) is 0 Å². The summed E-state index contributed by atoms with van der Waals surface area (Å²) < 4.78 is -0.792. The lowest BCUT2D eigenvalue weighted by Gasteiger charge is -1.71. The minimum atomic E-state index is -1.16. The van der Waals surface area contributed by atoms with E-state index >= 15 is 0 Å². The van der Waals surface area contributed by atoms with Crippen LogP contribution in [0.3, 0.4) is 0 Å². The van der Waals surface area contributed by atoms with Crippen LogP contribution in [0.5, 0.6) is 0 Å². The third-order valence-corrected chi connectivity index (χ3v) is 0.245. The fourth-order valence-corrected chi connectivity index (χ4v) is 0. The van der Waals surface area contributed by atoms with Crippen molar-refractivity contribution in [1.82, 2.24) is 0 Å². The summed E-state index contributed by atoms with van der Waals surface area (Å²) in [6.07, 6.45) is 0. The summed E-state index contributed by atoms with van der Waals surface area (Å²) in [4.78, 5) is 16.4. The van der Waals surface area contributed by atoms with Gasteiger partial charge in [-0.15, -0.1) is 0 Å². The molecule has 0 amide bonds. The molecule has 1 unspecified atom stereocenters. The minimum Gasteiger partial charge on any atom is -0.317 e. The van der Waals surface area contributed by atoms with Gasteiger partial charge in [-0.05, 0) is 0 Å². The summed E-state index contributed by atoms with van der Waals surface area (Å²) in [5.41, 5.74) is 0. The van der Waals surface area contributed by atoms with Gasteiger partial charge in [0.1, 0.15) is 0 Å². The van der Waals surface area contributed by atoms with Gasteiger partial charge in [-0.25, -0.2) is 0 Å². The van der Waals surface area contributed by atoms with Crippen LogP contribution in [0.2, 0.25) is 0 Å². The first-order valence-electron chi connectivity index (χ1n) is 0.812. The third kappa shape index (κ3) is 3.79. The van der Waals surface area contributed by atoms with E-state index in [-0.39, 0.29) is 0 Å². The van der Waals surface area contributed by atoms with Gasteiger partial charge in [-0.2, -0.15) is 0 Å². The lowest BCUT2D eigenvalue weighted by Crippen LogP contribution is -1.72. The molecule has 0 rings (SSSR count). The second-order valence-corrected chi connectivity index (χ2v) is 0.922. The van der Waals surface area contributed by atoms with Crippen molar-refractivity contribution in [3.8, 4) is 0 Å². The average molecular weight is 95.0 g/mol. The molecule has 0 fully saturated rings. The molecule has 30 valence electrons. The molecule has 0 spiro atoms. The van der Waals surface area contributed by atoms with E-state index in [1.807, 2.05) is 0 Å². The standard InChI is InChI=1S/H2NO3P/c2-1(3)5-4/h4-5H. The Morgan fingerprint density at radius 1 is 2.00 bits per heavy atom. The molecule has 1 atom stereocenters. The molecule has 0 aromatic heterocycles. The van der Waals surface area contributed by atoms with E-state index in [9.17, 15) is 0 Å². The zero-order valence-corrected chi connectivity index (χ0v) is 3.21. The van der Waals surface area contributed by atoms with E-state index in [1.165, 1.54) is 0 Å². The first kappa shape index (κ1) is 4.79. The zero-order valence-electron chi connectivity index (χ0n) is 2.21. The van der Waals surface area contributed by atoms with Crippen LogP contribution in [-0.4, -0.2) is 9.59 Å². The Hall–Kier alpha value is -0.210. The Bertz CT molecular complexity index is 42.2. The Morgan fingerprint density at radius 3 is 2.20 bits per heavy atom. The predicted molar refractivity (Wildman–Crippen MR) is 17.5 cm³/mol. The fraction of sp³-hybridized carbons (Fsp3) is 0. The summed E-state index contributed by atoms with van der Waals surface area (Å²) in [6.45, 7) is 0. The van der Waals surface area contributed by atoms with Gasteiger partial charge in [-0.1, -0.05) is 0 Å². The third-order valence-electron chi connectivity index (χ3n) is 0.0816. The highest BCUT2D eigenvalue weighted by atomic mass is 31.1. The van der Waals surface area contributed by atoms with Crippen molar-refractivity contribution in [3.05, 3.63) is 10.1 Å². The molecule has 4 nitrogen and oxygen atoms in total. The molecule has 5 heteroatoms. The molecule has 0 aromatic carbocycles. The van der Waals surface area contributed by atoms with Crippen LogP contribution in [0.1, 0.15) is 0 Å². The number of hydrogen-bond acceptors (Lipinski definition) is 3. The Morgan fingerprint density at radius 2 is 2.20 bits per heavy atom. The Balaban J connectivity index is 2.85. The van der Waals surface area contributed by atoms with Crippen molar-refractivity contribution < 1.29 is 9.59 Å². The van der Waals surface area contributed by atoms with Gasteiger partial charge in [0.25, 0.3) is 0 Å². The zero-order chi connectivity index (χ0) is 4.28. The smallest absolute Gasteiger partial charge is 0.317 e. The molecule has 0 aromatic rings. The first-order valence-corrected chi connectivity index (χ1v) is 1.71. The number of hydrogen-bond donors (Lipinski definition) is 1. The van der Waals surface area contributed by atoms with E-state index in [2.05, 4.69) is 0 Å². The van der Waals surface area contributed by atoms with Crippen molar-refractivity contribution >= 4 is 8.96 Å². The molecule has 0 radical (unpaired) electrons. The molecule has 0 aliphatic carbocycles. The maximum Gasteiger partial charge on any atom is 0.380 e. The highest BCUT2D eigenvalue weighted by Crippen LogP contribution is 1.96. The first-order chi connectivity index (χ1) is 2.27. The van der Waals surface area contributed by atoms with Crippen molar-refractivity contribution in [2.24, 2.45) is 0 Å². The van der Waals surface area contributed by atoms with Crippen LogP contribution in [0.4, 0.5) is 0 Å². The van der Waals surface area contributed by atoms with Gasteiger partial charge in [0.2, 0.25) is 0 Å². The van der Waals surface area contributed by atoms with Crippen LogP contribution in [-0.2, 0) is 0 Å². The van der Waals surface area contributed by atoms with Gasteiger partial charge < -0.3 is 4.89 Å². The highest BCUT2D eigenvalue weighted by Gasteiger charge is 1.82. The molecule has 5 heavy (non-hydrogen) atoms. The second kappa shape index (κ2) is 2.05. The van der Waals surface area contributed by atoms with Gasteiger partial charge in [0, 0.05) is 0 Å². The van der Waals surface area contributed by atoms with E-state index in [0.717, 1.165) is 0 Å². The maximum atomic E-state index is 8.94. The van der Waals surface area contributed by atoms with Gasteiger partial charge in [-0.3, -0.25) is 10.1 Å². The predicted octanol–water partition coefficient (Wildman–Crippen LogP) is -0.236. The molecule has 0 saturated carbocycles. The topological polar surface area (TPSA) is 63.4 Å². The van der Waals surface area contributed by atoms with Crippen LogP contribution < -0.4 is 0 Å². The molecular formula is H2NO3P. The molecule has 0 aliphatic heterocycles. The van der Waals surface area contributed by atoms with E-state index in [0.29, 0.717) is 0 Å². The molecule has 0 bridgehead atoms. The van der Waals surface area contributed by atoms with Crippen molar-refractivity contribution in [3.63, 3.8) is 0 Å². The monoisotopic (exact) mass is 95.0 g/mol. The highest BCUT2D eigenvalue weighted by molar-refractivity contribution is 7.23. The summed E-state index contributed by atoms with van der Waals surface area (Å²) in [5, 5.41) is 8.94. The van der Waals surface area contributed by atoms with Gasteiger partial charge >= 0.3 is 8.96 Å². The SMILES string of the molecule is O=[N+]([O-])PO. The van der Waals surface area contributed by atoms with Gasteiger partial charge in [0.15, 0.2) is 0 Å². The van der Waals surface area contributed by atoms with Gasteiger partial charge in [0.05, 0.1) is 4.69 Å². The molecule has 0 aliphatic rings. The molecule has 1 N–H and O–H groups in total. The average Bonchev–Trinajstić information content (AvgIpc) is 1.38. The number of rotatable bonds is 1. The lowest BCUT2D eigenvalue weighted by molar-refractivity contribution is -0.305. The number of nitrogens with zero attached hydrogens (tertiary/aromatic N) is 1. The van der Waals surface area contributed by atoms with E-state index in [4.69, 9.17) is 15.0 Å². The van der Waals surface area contributed by atoms with Crippen molar-refractivity contribution in [1.29, 1.82) is 0 Å². The normalized spacial score (nSPS) is 9.80. The molecule has 0 saturated heterocycles. The van der Waals surface area contributed by atoms with E-state index < -0.39 is 13.7 Å². The molecule has 0 heterocycles. The van der Waals surface area contributed by atoms with Crippen molar-refractivity contribution in [2.45, 2.75) is 0 Å². The number of nitro groups is 1. The lowest BCUT2D eigenvalue weighted by atomic mass is 13.4. The van der Waals surface area contributed by atoms with Crippen molar-refractivity contribution in [2.75, 3.05) is 0 Å². The molecular weight excluding hydrogens is 93.0 g/mol. The van der Waals surface area contributed by atoms with Crippen LogP contribution in [0, 0.1) is 10.1 Å². The van der Waals surface area contributed by atoms with Crippen LogP contribution in [0.15, 0.2) is 0 Å². The van der Waals surface area contributed by atoms with E-state index in [1.54, 1.807) is 0 Å². The largest absolute Gasteiger partial charge is 0.380 e. The van der Waals surface area contributed by atoms with Crippen LogP contribution >= 0.6 is 8.96 Å². The summed E-state index contributed by atoms with van der Waals surface area (Å²) >= 11 is 0. The Kier molecular flexibility index (Phi) is 1.97. The summed E-state index contributed by atoms with van der Waals surface area (Å²) in [5.74, 6) is 0.